The Balaban J connectivity index is 2.45. The highest BCUT2D eigenvalue weighted by atomic mass is 35.5. The minimum absolute atomic E-state index is 0.174. The van der Waals surface area contributed by atoms with Crippen molar-refractivity contribution in [1.29, 1.82) is 0 Å². The molecule has 0 spiro atoms. The molecule has 0 saturated carbocycles. The smallest absolute Gasteiger partial charge is 0.142 e. The molecular formula is C11H10ClNO. The lowest BCUT2D eigenvalue weighted by atomic mass is 10.0. The van der Waals surface area contributed by atoms with Crippen LogP contribution in [0.3, 0.4) is 0 Å². The van der Waals surface area contributed by atoms with E-state index >= 15 is 0 Å². The molecule has 72 valence electrons. The quantitative estimate of drug-likeness (QED) is 0.714. The van der Waals surface area contributed by atoms with Crippen LogP contribution in [0.4, 0.5) is 0 Å². The predicted octanol–water partition coefficient (Wildman–Crippen LogP) is 2.02. The Kier molecular flexibility index (Phi) is 2.55. The number of hydrogen-bond donors (Lipinski definition) is 1. The van der Waals surface area contributed by atoms with Gasteiger partial charge in [0.15, 0.2) is 0 Å². The molecule has 1 atom stereocenters. The van der Waals surface area contributed by atoms with Gasteiger partial charge in [0.2, 0.25) is 0 Å². The summed E-state index contributed by atoms with van der Waals surface area (Å²) in [5, 5.41) is 3.72. The Labute approximate surface area is 87.6 Å². The van der Waals surface area contributed by atoms with Gasteiger partial charge in [-0.05, 0) is 29.5 Å². The molecule has 14 heavy (non-hydrogen) atoms. The Morgan fingerprint density at radius 3 is 3.14 bits per heavy atom. The average Bonchev–Trinajstić information content (AvgIpc) is 2.40. The zero-order valence-corrected chi connectivity index (χ0v) is 8.29. The third-order valence-corrected chi connectivity index (χ3v) is 2.67. The summed E-state index contributed by atoms with van der Waals surface area (Å²) >= 11 is 6.06. The topological polar surface area (TPSA) is 29.1 Å². The Hall–Kier alpha value is -1.28. The maximum atomic E-state index is 10.7. The third kappa shape index (κ3) is 1.66. The molecule has 0 amide bonds. The van der Waals surface area contributed by atoms with Crippen molar-refractivity contribution in [3.63, 3.8) is 0 Å². The lowest BCUT2D eigenvalue weighted by Crippen LogP contribution is -2.27. The maximum absolute atomic E-state index is 10.7. The molecule has 1 aliphatic rings. The number of benzene rings is 1. The van der Waals surface area contributed by atoms with Gasteiger partial charge in [-0.25, -0.2) is 0 Å². The molecule has 0 radical (unpaired) electrons. The summed E-state index contributed by atoms with van der Waals surface area (Å²) in [4.78, 5) is 10.7. The maximum Gasteiger partial charge on any atom is 0.142 e. The molecule has 1 heterocycles. The summed E-state index contributed by atoms with van der Waals surface area (Å²) in [6.45, 7) is 0. The van der Waals surface area contributed by atoms with Crippen LogP contribution in [0.2, 0.25) is 5.02 Å². The zero-order valence-electron chi connectivity index (χ0n) is 7.53. The van der Waals surface area contributed by atoms with Crippen molar-refractivity contribution in [3.8, 4) is 0 Å². The molecule has 1 aromatic rings. The van der Waals surface area contributed by atoms with E-state index in [4.69, 9.17) is 11.6 Å². The van der Waals surface area contributed by atoms with Gasteiger partial charge < -0.3 is 10.1 Å². The molecule has 0 fully saturated rings. The molecule has 0 aliphatic carbocycles. The van der Waals surface area contributed by atoms with Gasteiger partial charge in [0.1, 0.15) is 6.29 Å². The van der Waals surface area contributed by atoms with Crippen LogP contribution in [0.25, 0.3) is 6.08 Å². The molecule has 2 rings (SSSR count). The standard InChI is InChI=1S/C11H10ClNO/c12-11-3-1-2-8-4-5-13-9(7-14)6-10(8)11/h1-5,7,9,13H,6H2. The fourth-order valence-electron chi connectivity index (χ4n) is 1.57. The minimum Gasteiger partial charge on any atom is -0.381 e. The fraction of sp³-hybridized carbons (Fsp3) is 0.182. The Bertz CT molecular complexity index is 387. The zero-order chi connectivity index (χ0) is 9.97. The number of halogens is 1. The van der Waals surface area contributed by atoms with Gasteiger partial charge in [-0.3, -0.25) is 0 Å². The van der Waals surface area contributed by atoms with Gasteiger partial charge in [0, 0.05) is 11.4 Å². The molecule has 1 N–H and O–H groups in total. The first-order valence-electron chi connectivity index (χ1n) is 4.46. The Morgan fingerprint density at radius 2 is 2.36 bits per heavy atom. The number of rotatable bonds is 1. The SMILES string of the molecule is O=CC1Cc2c(Cl)cccc2C=CN1. The van der Waals surface area contributed by atoms with Crippen LogP contribution in [0.5, 0.6) is 0 Å². The number of fused-ring (bicyclic) bond motifs is 1. The van der Waals surface area contributed by atoms with Crippen molar-refractivity contribution in [1.82, 2.24) is 5.32 Å². The first kappa shape index (κ1) is 9.28. The van der Waals surface area contributed by atoms with Gasteiger partial charge >= 0.3 is 0 Å². The normalized spacial score (nSPS) is 19.4. The van der Waals surface area contributed by atoms with E-state index in [-0.39, 0.29) is 6.04 Å². The van der Waals surface area contributed by atoms with Crippen molar-refractivity contribution in [2.45, 2.75) is 12.5 Å². The molecule has 0 bridgehead atoms. The number of hydrogen-bond acceptors (Lipinski definition) is 2. The Morgan fingerprint density at radius 1 is 1.50 bits per heavy atom. The molecule has 0 aromatic heterocycles. The first-order valence-corrected chi connectivity index (χ1v) is 4.84. The molecule has 1 unspecified atom stereocenters. The van der Waals surface area contributed by atoms with Crippen LogP contribution in [0, 0.1) is 0 Å². The van der Waals surface area contributed by atoms with Gasteiger partial charge in [-0.1, -0.05) is 23.7 Å². The lowest BCUT2D eigenvalue weighted by Gasteiger charge is -2.10. The highest BCUT2D eigenvalue weighted by Crippen LogP contribution is 2.23. The second-order valence-corrected chi connectivity index (χ2v) is 3.66. The van der Waals surface area contributed by atoms with Gasteiger partial charge in [-0.15, -0.1) is 0 Å². The van der Waals surface area contributed by atoms with Gasteiger partial charge in [-0.2, -0.15) is 0 Å². The van der Waals surface area contributed by atoms with Crippen molar-refractivity contribution in [2.24, 2.45) is 0 Å². The number of carbonyl (C=O) groups excluding carboxylic acids is 1. The van der Waals surface area contributed by atoms with Gasteiger partial charge in [0.05, 0.1) is 6.04 Å². The van der Waals surface area contributed by atoms with Crippen molar-refractivity contribution < 1.29 is 4.79 Å². The van der Waals surface area contributed by atoms with Crippen LogP contribution in [-0.2, 0) is 11.2 Å². The highest BCUT2D eigenvalue weighted by Gasteiger charge is 2.14. The largest absolute Gasteiger partial charge is 0.381 e. The van der Waals surface area contributed by atoms with E-state index in [1.165, 1.54) is 0 Å². The summed E-state index contributed by atoms with van der Waals surface area (Å²) in [7, 11) is 0. The summed E-state index contributed by atoms with van der Waals surface area (Å²) in [5.74, 6) is 0. The average molecular weight is 208 g/mol. The van der Waals surface area contributed by atoms with Crippen LogP contribution in [-0.4, -0.2) is 12.3 Å². The minimum atomic E-state index is -0.174. The number of nitrogens with one attached hydrogen (secondary N) is 1. The van der Waals surface area contributed by atoms with Crippen LogP contribution in [0.15, 0.2) is 24.4 Å². The molecular weight excluding hydrogens is 198 g/mol. The van der Waals surface area contributed by atoms with Crippen LogP contribution < -0.4 is 5.32 Å². The fourth-order valence-corrected chi connectivity index (χ4v) is 1.83. The van der Waals surface area contributed by atoms with E-state index < -0.39 is 0 Å². The second kappa shape index (κ2) is 3.84. The molecule has 3 heteroatoms. The lowest BCUT2D eigenvalue weighted by molar-refractivity contribution is -0.109. The second-order valence-electron chi connectivity index (χ2n) is 3.25. The van der Waals surface area contributed by atoms with Crippen molar-refractivity contribution in [2.75, 3.05) is 0 Å². The van der Waals surface area contributed by atoms with E-state index in [2.05, 4.69) is 5.32 Å². The van der Waals surface area contributed by atoms with E-state index in [0.29, 0.717) is 6.42 Å². The molecule has 2 nitrogen and oxygen atoms in total. The first-order chi connectivity index (χ1) is 6.81. The number of carbonyl (C=O) groups is 1. The van der Waals surface area contributed by atoms with Gasteiger partial charge in [0.25, 0.3) is 0 Å². The van der Waals surface area contributed by atoms with Crippen LogP contribution in [0.1, 0.15) is 11.1 Å². The summed E-state index contributed by atoms with van der Waals surface area (Å²) in [5.41, 5.74) is 2.11. The van der Waals surface area contributed by atoms with Crippen molar-refractivity contribution in [3.05, 3.63) is 40.5 Å². The van der Waals surface area contributed by atoms with E-state index in [1.54, 1.807) is 6.20 Å². The summed E-state index contributed by atoms with van der Waals surface area (Å²) < 4.78 is 0. The monoisotopic (exact) mass is 207 g/mol. The highest BCUT2D eigenvalue weighted by molar-refractivity contribution is 6.31. The summed E-state index contributed by atoms with van der Waals surface area (Å²) in [6.07, 6.45) is 5.28. The third-order valence-electron chi connectivity index (χ3n) is 2.32. The van der Waals surface area contributed by atoms with Crippen molar-refractivity contribution >= 4 is 24.0 Å². The predicted molar refractivity (Wildman–Crippen MR) is 57.2 cm³/mol. The van der Waals surface area contributed by atoms with E-state index in [1.807, 2.05) is 24.3 Å². The molecule has 0 saturated heterocycles. The van der Waals surface area contributed by atoms with Crippen LogP contribution >= 0.6 is 11.6 Å². The molecule has 1 aromatic carbocycles. The molecule has 1 aliphatic heterocycles. The summed E-state index contributed by atoms with van der Waals surface area (Å²) in [6, 6.07) is 5.58. The van der Waals surface area contributed by atoms with E-state index in [0.717, 1.165) is 22.4 Å². The van der Waals surface area contributed by atoms with E-state index in [9.17, 15) is 4.79 Å². The number of aldehydes is 1.